The summed E-state index contributed by atoms with van der Waals surface area (Å²) < 4.78 is 29.3. The third-order valence-electron chi connectivity index (χ3n) is 8.28. The maximum Gasteiger partial charge on any atom is 0.335 e. The minimum absolute atomic E-state index is 0.103. The lowest BCUT2D eigenvalue weighted by Gasteiger charge is -2.26. The highest BCUT2D eigenvalue weighted by molar-refractivity contribution is 8.26. The Morgan fingerprint density at radius 2 is 1.80 bits per heavy atom. The number of thiocarbonyl (C=S) groups is 1. The first-order valence-electron chi connectivity index (χ1n) is 15.9. The van der Waals surface area contributed by atoms with Crippen LogP contribution in [-0.2, 0) is 9.53 Å². The summed E-state index contributed by atoms with van der Waals surface area (Å²) in [5.41, 5.74) is 3.73. The average Bonchev–Trinajstić information content (AvgIpc) is 3.69. The lowest BCUT2D eigenvalue weighted by atomic mass is 9.99. The first-order valence-corrected chi connectivity index (χ1v) is 17.1. The van der Waals surface area contributed by atoms with E-state index in [0.717, 1.165) is 60.4 Å². The maximum absolute atomic E-state index is 13.5. The largest absolute Gasteiger partial charge is 0.493 e. The highest BCUT2D eigenvalue weighted by atomic mass is 32.2. The van der Waals surface area contributed by atoms with Crippen LogP contribution in [0.2, 0.25) is 0 Å². The van der Waals surface area contributed by atoms with Crippen molar-refractivity contribution < 1.29 is 38.4 Å². The molecule has 0 radical (unpaired) electrons. The summed E-state index contributed by atoms with van der Waals surface area (Å²) in [5.74, 6) is 0.725. The van der Waals surface area contributed by atoms with Crippen LogP contribution in [0.5, 0.6) is 23.0 Å². The van der Waals surface area contributed by atoms with E-state index in [1.807, 2.05) is 42.6 Å². The number of aromatic carboxylic acids is 1. The quantitative estimate of drug-likeness (QED) is 0.0923. The normalized spacial score (nSPS) is 16.0. The Kier molecular flexibility index (Phi) is 11.0. The Hall–Kier alpha value is -4.56. The van der Waals surface area contributed by atoms with Gasteiger partial charge in [-0.15, -0.1) is 0 Å². The molecule has 0 bridgehead atoms. The van der Waals surface area contributed by atoms with Gasteiger partial charge in [-0.3, -0.25) is 14.6 Å². The number of rotatable bonds is 14. The van der Waals surface area contributed by atoms with Crippen molar-refractivity contribution in [3.05, 3.63) is 76.8 Å². The number of carboxylic acids is 1. The van der Waals surface area contributed by atoms with Gasteiger partial charge in [-0.2, -0.15) is 0 Å². The Labute approximate surface area is 293 Å². The van der Waals surface area contributed by atoms with Crippen LogP contribution in [0.4, 0.5) is 0 Å². The van der Waals surface area contributed by atoms with Crippen molar-refractivity contribution in [3.8, 4) is 34.1 Å². The van der Waals surface area contributed by atoms with Crippen molar-refractivity contribution in [1.29, 1.82) is 0 Å². The molecule has 3 aromatic carbocycles. The number of benzene rings is 3. The summed E-state index contributed by atoms with van der Waals surface area (Å²) in [5, 5.41) is 10.3. The van der Waals surface area contributed by atoms with E-state index in [1.165, 1.54) is 31.0 Å². The number of H-pyrrole nitrogens is 1. The molecule has 6 rings (SSSR count). The van der Waals surface area contributed by atoms with Gasteiger partial charge in [0, 0.05) is 43.5 Å². The fourth-order valence-corrected chi connectivity index (χ4v) is 7.02. The SMILES string of the molecule is COc1cc(C(=O)O)ccc1OCCCN1C(=O)/C(=C/c2cc(OC)c(OCCN3CCOCC3)c(-c3ccc4[nH]ccc4c3)c2)SC1=S. The number of fused-ring (bicyclic) bond motifs is 1. The predicted octanol–water partition coefficient (Wildman–Crippen LogP) is 5.93. The molecule has 0 atom stereocenters. The average molecular weight is 704 g/mol. The van der Waals surface area contributed by atoms with Gasteiger partial charge in [-0.1, -0.05) is 30.0 Å². The first kappa shape index (κ1) is 34.3. The number of aromatic amines is 1. The number of amides is 1. The van der Waals surface area contributed by atoms with Crippen molar-refractivity contribution in [2.45, 2.75) is 6.42 Å². The third-order valence-corrected chi connectivity index (χ3v) is 9.66. The van der Waals surface area contributed by atoms with Gasteiger partial charge in [0.2, 0.25) is 0 Å². The minimum Gasteiger partial charge on any atom is -0.493 e. The summed E-state index contributed by atoms with van der Waals surface area (Å²) in [7, 11) is 3.07. The number of hydrogen-bond donors (Lipinski definition) is 2. The fourth-order valence-electron chi connectivity index (χ4n) is 5.71. The number of carboxylic acid groups (broad SMARTS) is 1. The Balaban J connectivity index is 1.18. The molecule has 2 aliphatic rings. The topological polar surface area (TPSA) is 123 Å². The van der Waals surface area contributed by atoms with Crippen molar-refractivity contribution in [1.82, 2.24) is 14.8 Å². The lowest BCUT2D eigenvalue weighted by molar-refractivity contribution is -0.122. The van der Waals surface area contributed by atoms with Gasteiger partial charge >= 0.3 is 5.97 Å². The molecule has 1 aromatic heterocycles. The van der Waals surface area contributed by atoms with Crippen LogP contribution in [-0.4, -0.2) is 103 Å². The molecule has 0 saturated carbocycles. The fraction of sp³-hybridized carbons (Fsp3) is 0.306. The zero-order valence-electron chi connectivity index (χ0n) is 27.2. The van der Waals surface area contributed by atoms with E-state index in [0.29, 0.717) is 51.8 Å². The first-order chi connectivity index (χ1) is 23.8. The van der Waals surface area contributed by atoms with Gasteiger partial charge in [-0.05, 0) is 77.5 Å². The predicted molar refractivity (Wildman–Crippen MR) is 193 cm³/mol. The third kappa shape index (κ3) is 8.02. The molecule has 2 N–H and O–H groups in total. The standard InChI is InChI=1S/C36H37N3O8S2/c1-43-30-22-26(35(41)42)5-7-29(30)46-14-3-10-39-34(40)32(49-36(39)48)20-23-18-27(24-4-6-28-25(21-24)8-9-37-28)33(31(19-23)44-2)47-17-13-38-11-15-45-16-12-38/h4-9,18-22,37H,3,10-17H2,1-2H3,(H,41,42)/b32-20-. The summed E-state index contributed by atoms with van der Waals surface area (Å²) in [4.78, 5) is 32.4. The summed E-state index contributed by atoms with van der Waals surface area (Å²) in [6.45, 7) is 5.08. The number of carbonyl (C=O) groups is 2. The second-order valence-electron chi connectivity index (χ2n) is 11.4. The number of nitrogens with zero attached hydrogens (tertiary/aromatic N) is 2. The number of ether oxygens (including phenoxy) is 5. The number of hydrogen-bond acceptors (Lipinski definition) is 10. The molecule has 1 amide bonds. The van der Waals surface area contributed by atoms with E-state index >= 15 is 0 Å². The molecular weight excluding hydrogens is 667 g/mol. The van der Waals surface area contributed by atoms with E-state index in [-0.39, 0.29) is 18.1 Å². The van der Waals surface area contributed by atoms with E-state index in [4.69, 9.17) is 35.9 Å². The zero-order chi connectivity index (χ0) is 34.3. The van der Waals surface area contributed by atoms with Crippen LogP contribution in [0.3, 0.4) is 0 Å². The van der Waals surface area contributed by atoms with Crippen LogP contribution in [0, 0.1) is 0 Å². The molecule has 2 saturated heterocycles. The number of thioether (sulfide) groups is 1. The molecule has 49 heavy (non-hydrogen) atoms. The summed E-state index contributed by atoms with van der Waals surface area (Å²) in [6.07, 6.45) is 4.25. The van der Waals surface area contributed by atoms with E-state index in [9.17, 15) is 14.7 Å². The van der Waals surface area contributed by atoms with E-state index in [1.54, 1.807) is 18.1 Å². The van der Waals surface area contributed by atoms with Crippen molar-refractivity contribution in [2.75, 3.05) is 66.8 Å². The number of carbonyl (C=O) groups excluding carboxylic acids is 1. The molecule has 0 aliphatic carbocycles. The Bertz CT molecular complexity index is 1890. The molecular formula is C36H37N3O8S2. The molecule has 13 heteroatoms. The van der Waals surface area contributed by atoms with E-state index < -0.39 is 5.97 Å². The molecule has 256 valence electrons. The van der Waals surface area contributed by atoms with Crippen LogP contribution in [0.15, 0.2) is 65.7 Å². The second kappa shape index (κ2) is 15.8. The number of morpholine rings is 1. The van der Waals surface area contributed by atoms with Crippen LogP contribution >= 0.6 is 24.0 Å². The molecule has 2 fully saturated rings. The molecule has 0 spiro atoms. The van der Waals surface area contributed by atoms with Gasteiger partial charge in [0.05, 0.1) is 44.5 Å². The van der Waals surface area contributed by atoms with Crippen LogP contribution in [0.1, 0.15) is 22.3 Å². The molecule has 0 unspecified atom stereocenters. The minimum atomic E-state index is -1.05. The van der Waals surface area contributed by atoms with Crippen LogP contribution in [0.25, 0.3) is 28.1 Å². The molecule has 2 aliphatic heterocycles. The summed E-state index contributed by atoms with van der Waals surface area (Å²) in [6, 6.07) is 16.5. The monoisotopic (exact) mass is 703 g/mol. The van der Waals surface area contributed by atoms with Gasteiger partial charge in [0.25, 0.3) is 5.91 Å². The van der Waals surface area contributed by atoms with Gasteiger partial charge in [0.15, 0.2) is 23.0 Å². The van der Waals surface area contributed by atoms with Crippen LogP contribution < -0.4 is 18.9 Å². The number of nitrogens with one attached hydrogen (secondary N) is 1. The van der Waals surface area contributed by atoms with Crippen molar-refractivity contribution in [2.24, 2.45) is 0 Å². The second-order valence-corrected chi connectivity index (χ2v) is 13.1. The van der Waals surface area contributed by atoms with Gasteiger partial charge in [0.1, 0.15) is 10.9 Å². The van der Waals surface area contributed by atoms with Gasteiger partial charge < -0.3 is 33.8 Å². The zero-order valence-corrected chi connectivity index (χ0v) is 28.9. The molecule has 4 aromatic rings. The number of methoxy groups -OCH3 is 2. The highest BCUT2D eigenvalue weighted by Gasteiger charge is 2.32. The maximum atomic E-state index is 13.5. The lowest BCUT2D eigenvalue weighted by Crippen LogP contribution is -2.38. The highest BCUT2D eigenvalue weighted by Crippen LogP contribution is 2.42. The van der Waals surface area contributed by atoms with Crippen molar-refractivity contribution in [3.63, 3.8) is 0 Å². The Morgan fingerprint density at radius 3 is 2.57 bits per heavy atom. The molecule has 11 nitrogen and oxygen atoms in total. The van der Waals surface area contributed by atoms with E-state index in [2.05, 4.69) is 16.0 Å². The molecule has 3 heterocycles. The van der Waals surface area contributed by atoms with Gasteiger partial charge in [-0.25, -0.2) is 4.79 Å². The smallest absolute Gasteiger partial charge is 0.335 e. The Morgan fingerprint density at radius 1 is 0.980 bits per heavy atom. The van der Waals surface area contributed by atoms with Crippen molar-refractivity contribution >= 4 is 57.2 Å². The summed E-state index contributed by atoms with van der Waals surface area (Å²) >= 11 is 6.85. The number of aromatic nitrogens is 1.